The van der Waals surface area contributed by atoms with E-state index in [4.69, 9.17) is 16.3 Å². The predicted molar refractivity (Wildman–Crippen MR) is 115 cm³/mol. The largest absolute Gasteiger partial charge is 0.496 e. The number of aromatic nitrogens is 3. The normalized spacial score (nSPS) is 14.7. The van der Waals surface area contributed by atoms with Gasteiger partial charge in [-0.05, 0) is 37.3 Å². The highest BCUT2D eigenvalue weighted by Gasteiger charge is 2.25. The molecule has 0 saturated carbocycles. The van der Waals surface area contributed by atoms with Crippen LogP contribution in [0.4, 0.5) is 0 Å². The maximum Gasteiger partial charge on any atom is 0.257 e. The lowest BCUT2D eigenvalue weighted by molar-refractivity contribution is 0.0626. The van der Waals surface area contributed by atoms with E-state index in [-0.39, 0.29) is 5.91 Å². The van der Waals surface area contributed by atoms with Crippen molar-refractivity contribution in [1.82, 2.24) is 24.6 Å². The monoisotopic (exact) mass is 425 g/mol. The fraction of sp³-hybridized carbons (Fsp3) is 0.318. The van der Waals surface area contributed by atoms with Gasteiger partial charge in [-0.15, -0.1) is 0 Å². The van der Waals surface area contributed by atoms with Crippen LogP contribution in [0.1, 0.15) is 21.6 Å². The van der Waals surface area contributed by atoms with Crippen molar-refractivity contribution in [3.05, 3.63) is 70.6 Å². The molecule has 3 heterocycles. The van der Waals surface area contributed by atoms with Gasteiger partial charge in [-0.1, -0.05) is 17.7 Å². The lowest BCUT2D eigenvalue weighted by Crippen LogP contribution is -2.48. The molecule has 1 aliphatic heterocycles. The lowest BCUT2D eigenvalue weighted by Gasteiger charge is -2.35. The molecule has 7 nitrogen and oxygen atoms in total. The van der Waals surface area contributed by atoms with Crippen molar-refractivity contribution in [3.63, 3.8) is 0 Å². The van der Waals surface area contributed by atoms with Gasteiger partial charge in [0.1, 0.15) is 5.75 Å². The summed E-state index contributed by atoms with van der Waals surface area (Å²) in [5.41, 5.74) is 2.47. The van der Waals surface area contributed by atoms with Gasteiger partial charge in [0.25, 0.3) is 5.91 Å². The molecule has 156 valence electrons. The first-order chi connectivity index (χ1) is 14.6. The first-order valence-corrected chi connectivity index (χ1v) is 10.2. The van der Waals surface area contributed by atoms with E-state index < -0.39 is 0 Å². The Balaban J connectivity index is 1.41. The summed E-state index contributed by atoms with van der Waals surface area (Å²) in [5.74, 6) is 1.54. The Morgan fingerprint density at radius 1 is 1.17 bits per heavy atom. The summed E-state index contributed by atoms with van der Waals surface area (Å²) in [4.78, 5) is 21.6. The van der Waals surface area contributed by atoms with Gasteiger partial charge in [-0.3, -0.25) is 9.69 Å². The van der Waals surface area contributed by atoms with Crippen molar-refractivity contribution in [2.75, 3.05) is 33.3 Å². The molecule has 2 aromatic heterocycles. The fourth-order valence-corrected chi connectivity index (χ4v) is 3.92. The van der Waals surface area contributed by atoms with E-state index in [0.29, 0.717) is 29.5 Å². The Bertz CT molecular complexity index is 1030. The number of piperazine rings is 1. The molecule has 1 aliphatic rings. The second-order valence-corrected chi connectivity index (χ2v) is 7.70. The number of pyridine rings is 1. The van der Waals surface area contributed by atoms with E-state index in [9.17, 15) is 4.79 Å². The summed E-state index contributed by atoms with van der Waals surface area (Å²) in [6.45, 7) is 5.54. The summed E-state index contributed by atoms with van der Waals surface area (Å²) in [6, 6.07) is 11.3. The Hall–Kier alpha value is -2.90. The van der Waals surface area contributed by atoms with Gasteiger partial charge < -0.3 is 9.64 Å². The number of methoxy groups -OCH3 is 1. The Labute approximate surface area is 180 Å². The summed E-state index contributed by atoms with van der Waals surface area (Å²) in [7, 11) is 1.66. The molecule has 0 unspecified atom stereocenters. The average molecular weight is 426 g/mol. The predicted octanol–water partition coefficient (Wildman–Crippen LogP) is 3.20. The molecule has 0 bridgehead atoms. The van der Waals surface area contributed by atoms with Crippen molar-refractivity contribution in [2.45, 2.75) is 13.5 Å². The number of hydrogen-bond donors (Lipinski definition) is 0. The van der Waals surface area contributed by atoms with Crippen LogP contribution in [0.3, 0.4) is 0 Å². The molecule has 8 heteroatoms. The Morgan fingerprint density at radius 2 is 1.97 bits per heavy atom. The molecule has 0 aliphatic carbocycles. The number of rotatable bonds is 5. The first-order valence-electron chi connectivity index (χ1n) is 9.87. The number of hydrogen-bond acceptors (Lipinski definition) is 5. The first kappa shape index (κ1) is 20.4. The minimum absolute atomic E-state index is 0.00895. The van der Waals surface area contributed by atoms with Gasteiger partial charge in [0.05, 0.1) is 24.6 Å². The molecule has 1 aromatic carbocycles. The standard InChI is InChI=1S/C22H24ClN5O2/c1-16-19(14-25-28(16)21-5-3-4-8-24-21)22(29)27-11-9-26(10-12-27)15-17-13-18(23)6-7-20(17)30-2/h3-8,13-14H,9-12,15H2,1-2H3. The zero-order valence-corrected chi connectivity index (χ0v) is 17.8. The molecule has 0 spiro atoms. The van der Waals surface area contributed by atoms with Crippen LogP contribution in [0.2, 0.25) is 5.02 Å². The number of benzene rings is 1. The number of nitrogens with zero attached hydrogens (tertiary/aromatic N) is 5. The molecule has 1 saturated heterocycles. The third-order valence-electron chi connectivity index (χ3n) is 5.40. The molecular formula is C22H24ClN5O2. The molecule has 4 rings (SSSR count). The number of carbonyl (C=O) groups is 1. The molecule has 0 N–H and O–H groups in total. The second-order valence-electron chi connectivity index (χ2n) is 7.27. The van der Waals surface area contributed by atoms with Crippen LogP contribution in [0.25, 0.3) is 5.82 Å². The maximum atomic E-state index is 13.1. The summed E-state index contributed by atoms with van der Waals surface area (Å²) in [6.07, 6.45) is 3.35. The summed E-state index contributed by atoms with van der Waals surface area (Å²) >= 11 is 6.15. The van der Waals surface area contributed by atoms with Crippen molar-refractivity contribution >= 4 is 17.5 Å². The van der Waals surface area contributed by atoms with E-state index in [1.165, 1.54) is 0 Å². The van der Waals surface area contributed by atoms with Crippen molar-refractivity contribution in [2.24, 2.45) is 0 Å². The highest BCUT2D eigenvalue weighted by Crippen LogP contribution is 2.25. The van der Waals surface area contributed by atoms with Gasteiger partial charge in [0, 0.05) is 49.5 Å². The maximum absolute atomic E-state index is 13.1. The van der Waals surface area contributed by atoms with E-state index >= 15 is 0 Å². The lowest BCUT2D eigenvalue weighted by atomic mass is 10.1. The summed E-state index contributed by atoms with van der Waals surface area (Å²) in [5, 5.41) is 5.06. The highest BCUT2D eigenvalue weighted by atomic mass is 35.5. The molecule has 1 fully saturated rings. The van der Waals surface area contributed by atoms with E-state index in [0.717, 1.165) is 36.6 Å². The van der Waals surface area contributed by atoms with Crippen LogP contribution in [0.15, 0.2) is 48.8 Å². The van der Waals surface area contributed by atoms with Crippen LogP contribution >= 0.6 is 11.6 Å². The second kappa shape index (κ2) is 8.85. The molecule has 0 radical (unpaired) electrons. The number of carbonyl (C=O) groups excluding carboxylic acids is 1. The third kappa shape index (κ3) is 4.17. The van der Waals surface area contributed by atoms with Crippen LogP contribution in [0, 0.1) is 6.92 Å². The zero-order valence-electron chi connectivity index (χ0n) is 17.1. The molecule has 0 atom stereocenters. The SMILES string of the molecule is COc1ccc(Cl)cc1CN1CCN(C(=O)c2cnn(-c3ccccn3)c2C)CC1. The highest BCUT2D eigenvalue weighted by molar-refractivity contribution is 6.30. The van der Waals surface area contributed by atoms with Crippen LogP contribution in [0.5, 0.6) is 5.75 Å². The minimum Gasteiger partial charge on any atom is -0.496 e. The minimum atomic E-state index is 0.00895. The number of ether oxygens (including phenoxy) is 1. The molecular weight excluding hydrogens is 402 g/mol. The molecule has 3 aromatic rings. The fourth-order valence-electron chi connectivity index (χ4n) is 3.72. The third-order valence-corrected chi connectivity index (χ3v) is 5.64. The van der Waals surface area contributed by atoms with Gasteiger partial charge >= 0.3 is 0 Å². The molecule has 1 amide bonds. The van der Waals surface area contributed by atoms with Gasteiger partial charge in [0.15, 0.2) is 5.82 Å². The van der Waals surface area contributed by atoms with Crippen molar-refractivity contribution in [1.29, 1.82) is 0 Å². The van der Waals surface area contributed by atoms with Crippen LogP contribution in [-0.4, -0.2) is 63.8 Å². The number of amides is 1. The quantitative estimate of drug-likeness (QED) is 0.628. The Kier molecular flexibility index (Phi) is 6.01. The Morgan fingerprint density at radius 3 is 2.67 bits per heavy atom. The topological polar surface area (TPSA) is 63.5 Å². The van der Waals surface area contributed by atoms with Crippen LogP contribution < -0.4 is 4.74 Å². The number of halogens is 1. The smallest absolute Gasteiger partial charge is 0.257 e. The van der Waals surface area contributed by atoms with Gasteiger partial charge in [-0.25, -0.2) is 9.67 Å². The summed E-state index contributed by atoms with van der Waals surface area (Å²) < 4.78 is 7.15. The van der Waals surface area contributed by atoms with Crippen LogP contribution in [-0.2, 0) is 6.54 Å². The van der Waals surface area contributed by atoms with Crippen molar-refractivity contribution < 1.29 is 9.53 Å². The van der Waals surface area contributed by atoms with E-state index in [1.807, 2.05) is 48.2 Å². The average Bonchev–Trinajstić information content (AvgIpc) is 3.16. The van der Waals surface area contributed by atoms with Gasteiger partial charge in [-0.2, -0.15) is 5.10 Å². The van der Waals surface area contributed by atoms with Crippen molar-refractivity contribution in [3.8, 4) is 11.6 Å². The van der Waals surface area contributed by atoms with E-state index in [1.54, 1.807) is 24.2 Å². The zero-order chi connectivity index (χ0) is 21.1. The van der Waals surface area contributed by atoms with Gasteiger partial charge in [0.2, 0.25) is 0 Å². The van der Waals surface area contributed by atoms with E-state index in [2.05, 4.69) is 15.0 Å². The molecule has 30 heavy (non-hydrogen) atoms.